The molecule has 0 aromatic heterocycles. The van der Waals surface area contributed by atoms with Crippen molar-refractivity contribution < 1.29 is 19.1 Å². The zero-order valence-corrected chi connectivity index (χ0v) is 8.91. The molecule has 0 radical (unpaired) electrons. The molecule has 1 rings (SSSR count). The minimum Gasteiger partial charge on any atom is -0.465 e. The lowest BCUT2D eigenvalue weighted by Crippen LogP contribution is -2.37. The quantitative estimate of drug-likeness (QED) is 0.394. The van der Waals surface area contributed by atoms with Crippen molar-refractivity contribution in [3.8, 4) is 12.3 Å². The van der Waals surface area contributed by atoms with E-state index < -0.39 is 17.4 Å². The van der Waals surface area contributed by atoms with Crippen molar-refractivity contribution in [2.45, 2.75) is 32.8 Å². The molecule has 1 saturated heterocycles. The average Bonchev–Trinajstić information content (AvgIpc) is 2.43. The summed E-state index contributed by atoms with van der Waals surface area (Å²) in [6, 6.07) is 0. The molecular formula is C11H14O4. The topological polar surface area (TPSA) is 52.6 Å². The molecule has 0 aromatic carbocycles. The molecule has 0 aromatic rings. The Hall–Kier alpha value is -1.50. The zero-order chi connectivity index (χ0) is 11.5. The molecule has 1 fully saturated rings. The standard InChI is InChI=1S/C11H14O4/c1-4-6-11(9(12)14-5-2)7-8(3)15-10(11)13/h1,8H,5-7H2,2-3H3. The summed E-state index contributed by atoms with van der Waals surface area (Å²) in [5, 5.41) is 0. The molecule has 2 unspecified atom stereocenters. The van der Waals surface area contributed by atoms with E-state index in [1.54, 1.807) is 13.8 Å². The molecule has 0 amide bonds. The summed E-state index contributed by atoms with van der Waals surface area (Å²) in [4.78, 5) is 23.3. The number of carbonyl (C=O) groups is 2. The number of cyclic esters (lactones) is 1. The van der Waals surface area contributed by atoms with E-state index in [-0.39, 0.29) is 19.1 Å². The Labute approximate surface area is 88.9 Å². The molecule has 82 valence electrons. The van der Waals surface area contributed by atoms with E-state index in [1.165, 1.54) is 0 Å². The van der Waals surface area contributed by atoms with E-state index in [1.807, 2.05) is 0 Å². The predicted octanol–water partition coefficient (Wildman–Crippen LogP) is 0.895. The molecule has 15 heavy (non-hydrogen) atoms. The Morgan fingerprint density at radius 3 is 2.87 bits per heavy atom. The fourth-order valence-electron chi connectivity index (χ4n) is 1.74. The van der Waals surface area contributed by atoms with Crippen LogP contribution in [0.3, 0.4) is 0 Å². The van der Waals surface area contributed by atoms with Gasteiger partial charge in [-0.1, -0.05) is 0 Å². The summed E-state index contributed by atoms with van der Waals surface area (Å²) < 4.78 is 9.83. The predicted molar refractivity (Wildman–Crippen MR) is 52.7 cm³/mol. The number of hydrogen-bond donors (Lipinski definition) is 0. The van der Waals surface area contributed by atoms with E-state index in [9.17, 15) is 9.59 Å². The summed E-state index contributed by atoms with van der Waals surface area (Å²) in [6.45, 7) is 3.65. The number of hydrogen-bond acceptors (Lipinski definition) is 4. The van der Waals surface area contributed by atoms with Gasteiger partial charge in [-0.25, -0.2) is 0 Å². The van der Waals surface area contributed by atoms with Gasteiger partial charge in [-0.2, -0.15) is 0 Å². The number of carbonyl (C=O) groups excluding carboxylic acids is 2. The molecule has 1 heterocycles. The molecule has 1 aliphatic rings. The third-order valence-electron chi connectivity index (χ3n) is 2.40. The van der Waals surface area contributed by atoms with Gasteiger partial charge in [-0.15, -0.1) is 12.3 Å². The third kappa shape index (κ3) is 1.96. The van der Waals surface area contributed by atoms with Crippen molar-refractivity contribution in [1.82, 2.24) is 0 Å². The second kappa shape index (κ2) is 4.35. The van der Waals surface area contributed by atoms with E-state index >= 15 is 0 Å². The van der Waals surface area contributed by atoms with Gasteiger partial charge in [-0.05, 0) is 13.8 Å². The van der Waals surface area contributed by atoms with Crippen LogP contribution in [0.5, 0.6) is 0 Å². The molecule has 1 aliphatic heterocycles. The van der Waals surface area contributed by atoms with Gasteiger partial charge in [0.25, 0.3) is 0 Å². The second-order valence-electron chi connectivity index (χ2n) is 3.60. The van der Waals surface area contributed by atoms with Crippen molar-refractivity contribution in [3.05, 3.63) is 0 Å². The number of rotatable bonds is 3. The molecule has 0 aliphatic carbocycles. The van der Waals surface area contributed by atoms with Crippen molar-refractivity contribution >= 4 is 11.9 Å². The minimum atomic E-state index is -1.27. The van der Waals surface area contributed by atoms with Crippen LogP contribution in [0, 0.1) is 17.8 Å². The lowest BCUT2D eigenvalue weighted by molar-refractivity contribution is -0.164. The highest BCUT2D eigenvalue weighted by Gasteiger charge is 2.54. The van der Waals surface area contributed by atoms with Crippen LogP contribution in [0.25, 0.3) is 0 Å². The van der Waals surface area contributed by atoms with Gasteiger partial charge in [0.2, 0.25) is 0 Å². The maximum Gasteiger partial charge on any atom is 0.324 e. The Morgan fingerprint density at radius 2 is 2.47 bits per heavy atom. The van der Waals surface area contributed by atoms with Crippen molar-refractivity contribution in [3.63, 3.8) is 0 Å². The first-order valence-corrected chi connectivity index (χ1v) is 4.88. The van der Waals surface area contributed by atoms with Gasteiger partial charge >= 0.3 is 11.9 Å². The highest BCUT2D eigenvalue weighted by molar-refractivity contribution is 6.01. The van der Waals surface area contributed by atoms with Gasteiger partial charge < -0.3 is 9.47 Å². The van der Waals surface area contributed by atoms with Gasteiger partial charge in [0.15, 0.2) is 5.41 Å². The second-order valence-corrected chi connectivity index (χ2v) is 3.60. The smallest absolute Gasteiger partial charge is 0.324 e. The maximum absolute atomic E-state index is 11.7. The third-order valence-corrected chi connectivity index (χ3v) is 2.40. The first-order chi connectivity index (χ1) is 7.06. The van der Waals surface area contributed by atoms with Gasteiger partial charge in [-0.3, -0.25) is 9.59 Å². The molecule has 0 N–H and O–H groups in total. The van der Waals surface area contributed by atoms with Crippen LogP contribution >= 0.6 is 0 Å². The fourth-order valence-corrected chi connectivity index (χ4v) is 1.74. The monoisotopic (exact) mass is 210 g/mol. The lowest BCUT2D eigenvalue weighted by Gasteiger charge is -2.19. The van der Waals surface area contributed by atoms with E-state index in [0.29, 0.717) is 6.42 Å². The van der Waals surface area contributed by atoms with E-state index in [4.69, 9.17) is 15.9 Å². The molecule has 0 bridgehead atoms. The van der Waals surface area contributed by atoms with Gasteiger partial charge in [0.05, 0.1) is 6.61 Å². The first kappa shape index (κ1) is 11.6. The van der Waals surface area contributed by atoms with Crippen molar-refractivity contribution in [2.24, 2.45) is 5.41 Å². The normalized spacial score (nSPS) is 29.4. The highest BCUT2D eigenvalue weighted by Crippen LogP contribution is 2.38. The Balaban J connectivity index is 2.94. The van der Waals surface area contributed by atoms with Crippen LogP contribution in [0.2, 0.25) is 0 Å². The average molecular weight is 210 g/mol. The Kier molecular flexibility index (Phi) is 3.35. The molecule has 4 nitrogen and oxygen atoms in total. The van der Waals surface area contributed by atoms with Crippen LogP contribution in [-0.2, 0) is 19.1 Å². The Bertz CT molecular complexity index is 315. The maximum atomic E-state index is 11.7. The SMILES string of the molecule is C#CCC1(C(=O)OCC)CC(C)OC1=O. The summed E-state index contributed by atoms with van der Waals surface area (Å²) in [6.07, 6.45) is 5.22. The number of esters is 2. The molecular weight excluding hydrogens is 196 g/mol. The van der Waals surface area contributed by atoms with Crippen LogP contribution in [0.1, 0.15) is 26.7 Å². The van der Waals surface area contributed by atoms with E-state index in [2.05, 4.69) is 5.92 Å². The van der Waals surface area contributed by atoms with Crippen LogP contribution in [-0.4, -0.2) is 24.6 Å². The van der Waals surface area contributed by atoms with Crippen LogP contribution in [0.4, 0.5) is 0 Å². The van der Waals surface area contributed by atoms with Crippen molar-refractivity contribution in [1.29, 1.82) is 0 Å². The van der Waals surface area contributed by atoms with Gasteiger partial charge in [0, 0.05) is 12.8 Å². The lowest BCUT2D eigenvalue weighted by atomic mass is 9.82. The summed E-state index contributed by atoms with van der Waals surface area (Å²) in [5.41, 5.74) is -1.27. The summed E-state index contributed by atoms with van der Waals surface area (Å²) >= 11 is 0. The van der Waals surface area contributed by atoms with E-state index in [0.717, 1.165) is 0 Å². The van der Waals surface area contributed by atoms with Crippen LogP contribution in [0.15, 0.2) is 0 Å². The molecule has 0 saturated carbocycles. The minimum absolute atomic E-state index is 0.0367. The number of ether oxygens (including phenoxy) is 2. The largest absolute Gasteiger partial charge is 0.465 e. The zero-order valence-electron chi connectivity index (χ0n) is 8.91. The summed E-state index contributed by atoms with van der Waals surface area (Å²) in [7, 11) is 0. The first-order valence-electron chi connectivity index (χ1n) is 4.88. The molecule has 2 atom stereocenters. The summed E-state index contributed by atoms with van der Waals surface area (Å²) in [5.74, 6) is 1.20. The molecule has 0 spiro atoms. The Morgan fingerprint density at radius 1 is 1.80 bits per heavy atom. The van der Waals surface area contributed by atoms with Gasteiger partial charge in [0.1, 0.15) is 6.10 Å². The highest BCUT2D eigenvalue weighted by atomic mass is 16.6. The number of terminal acetylenes is 1. The fraction of sp³-hybridized carbons (Fsp3) is 0.636. The molecule has 4 heteroatoms. The van der Waals surface area contributed by atoms with Crippen molar-refractivity contribution in [2.75, 3.05) is 6.61 Å². The van der Waals surface area contributed by atoms with Crippen LogP contribution < -0.4 is 0 Å².